The van der Waals surface area contributed by atoms with E-state index in [1.54, 1.807) is 37.3 Å². The van der Waals surface area contributed by atoms with Gasteiger partial charge in [-0.3, -0.25) is 0 Å². The number of thiazole rings is 1. The standard InChI is InChI=1S/C18H15FN2O2S/c1-11-8-12(6-7-15(11)19)16-10-24-18(21-16)20-14-5-3-4-13(9-14)17(22)23-2/h3-10H,1-2H3,(H,20,21). The number of hydrogen-bond donors (Lipinski definition) is 1. The van der Waals surface area contributed by atoms with Gasteiger partial charge in [-0.1, -0.05) is 6.07 Å². The first-order valence-electron chi connectivity index (χ1n) is 7.24. The summed E-state index contributed by atoms with van der Waals surface area (Å²) in [5.41, 5.74) is 3.43. The number of aromatic nitrogens is 1. The molecule has 0 radical (unpaired) electrons. The maximum Gasteiger partial charge on any atom is 0.337 e. The van der Waals surface area contributed by atoms with E-state index in [1.165, 1.54) is 24.5 Å². The van der Waals surface area contributed by atoms with Crippen molar-refractivity contribution in [3.05, 3.63) is 64.8 Å². The van der Waals surface area contributed by atoms with E-state index in [9.17, 15) is 9.18 Å². The fourth-order valence-corrected chi connectivity index (χ4v) is 2.97. The molecule has 0 saturated heterocycles. The second kappa shape index (κ2) is 6.80. The molecule has 24 heavy (non-hydrogen) atoms. The van der Waals surface area contributed by atoms with E-state index in [0.717, 1.165) is 16.9 Å². The average molecular weight is 342 g/mol. The number of ether oxygens (including phenoxy) is 1. The molecule has 2 aromatic carbocycles. The molecular formula is C18H15FN2O2S. The van der Waals surface area contributed by atoms with Gasteiger partial charge in [-0.2, -0.15) is 0 Å². The predicted octanol–water partition coefficient (Wildman–Crippen LogP) is 4.79. The summed E-state index contributed by atoms with van der Waals surface area (Å²) in [7, 11) is 1.35. The molecule has 0 aliphatic rings. The average Bonchev–Trinajstić information content (AvgIpc) is 3.05. The van der Waals surface area contributed by atoms with Gasteiger partial charge in [0.05, 0.1) is 18.4 Å². The third-order valence-corrected chi connectivity index (χ3v) is 4.25. The van der Waals surface area contributed by atoms with Gasteiger partial charge in [0, 0.05) is 16.6 Å². The lowest BCUT2D eigenvalue weighted by Gasteiger charge is -2.05. The van der Waals surface area contributed by atoms with Crippen molar-refractivity contribution in [2.45, 2.75) is 6.92 Å². The SMILES string of the molecule is COC(=O)c1cccc(Nc2nc(-c3ccc(F)c(C)c3)cs2)c1. The molecule has 3 rings (SSSR count). The van der Waals surface area contributed by atoms with Crippen LogP contribution in [0.1, 0.15) is 15.9 Å². The number of methoxy groups -OCH3 is 1. The molecule has 0 fully saturated rings. The van der Waals surface area contributed by atoms with E-state index in [0.29, 0.717) is 16.3 Å². The minimum Gasteiger partial charge on any atom is -0.465 e. The van der Waals surface area contributed by atoms with Gasteiger partial charge in [-0.15, -0.1) is 11.3 Å². The fraction of sp³-hybridized carbons (Fsp3) is 0.111. The van der Waals surface area contributed by atoms with Gasteiger partial charge in [0.15, 0.2) is 5.13 Å². The van der Waals surface area contributed by atoms with Gasteiger partial charge in [0.1, 0.15) is 5.82 Å². The first-order chi connectivity index (χ1) is 11.6. The molecule has 0 aliphatic heterocycles. The highest BCUT2D eigenvalue weighted by atomic mass is 32.1. The Bertz CT molecular complexity index is 892. The molecule has 1 heterocycles. The molecular weight excluding hydrogens is 327 g/mol. The van der Waals surface area contributed by atoms with E-state index in [-0.39, 0.29) is 11.8 Å². The summed E-state index contributed by atoms with van der Waals surface area (Å²) in [5.74, 6) is -0.618. The number of rotatable bonds is 4. The summed E-state index contributed by atoms with van der Waals surface area (Å²) in [4.78, 5) is 16.1. The zero-order valence-electron chi connectivity index (χ0n) is 13.2. The van der Waals surface area contributed by atoms with E-state index >= 15 is 0 Å². The number of benzene rings is 2. The van der Waals surface area contributed by atoms with Crippen molar-refractivity contribution in [2.24, 2.45) is 0 Å². The lowest BCUT2D eigenvalue weighted by molar-refractivity contribution is 0.0601. The minimum atomic E-state index is -0.389. The van der Waals surface area contributed by atoms with Crippen molar-refractivity contribution >= 4 is 28.1 Å². The van der Waals surface area contributed by atoms with Crippen LogP contribution in [0.2, 0.25) is 0 Å². The first-order valence-corrected chi connectivity index (χ1v) is 8.12. The molecule has 6 heteroatoms. The fourth-order valence-electron chi connectivity index (χ4n) is 2.23. The van der Waals surface area contributed by atoms with Gasteiger partial charge in [0.25, 0.3) is 0 Å². The van der Waals surface area contributed by atoms with Crippen molar-refractivity contribution in [3.63, 3.8) is 0 Å². The van der Waals surface area contributed by atoms with Crippen LogP contribution in [0, 0.1) is 12.7 Å². The van der Waals surface area contributed by atoms with E-state index in [2.05, 4.69) is 10.3 Å². The van der Waals surface area contributed by atoms with Crippen LogP contribution in [0.4, 0.5) is 15.2 Å². The van der Waals surface area contributed by atoms with Crippen LogP contribution in [0.5, 0.6) is 0 Å². The number of hydrogen-bond acceptors (Lipinski definition) is 5. The molecule has 0 unspecified atom stereocenters. The lowest BCUT2D eigenvalue weighted by atomic mass is 10.1. The second-order valence-corrected chi connectivity index (χ2v) is 6.06. The summed E-state index contributed by atoms with van der Waals surface area (Å²) in [5, 5.41) is 5.76. The van der Waals surface area contributed by atoms with Crippen molar-refractivity contribution in [1.29, 1.82) is 0 Å². The zero-order valence-corrected chi connectivity index (χ0v) is 14.0. The summed E-state index contributed by atoms with van der Waals surface area (Å²) in [6, 6.07) is 11.9. The second-order valence-electron chi connectivity index (χ2n) is 5.20. The van der Waals surface area contributed by atoms with Gasteiger partial charge < -0.3 is 10.1 Å². The van der Waals surface area contributed by atoms with Crippen molar-refractivity contribution in [1.82, 2.24) is 4.98 Å². The Labute approximate surface area is 142 Å². The quantitative estimate of drug-likeness (QED) is 0.693. The van der Waals surface area contributed by atoms with Crippen LogP contribution in [0.15, 0.2) is 47.8 Å². The number of carbonyl (C=O) groups excluding carboxylic acids is 1. The van der Waals surface area contributed by atoms with Crippen LogP contribution < -0.4 is 5.32 Å². The lowest BCUT2D eigenvalue weighted by Crippen LogP contribution is -2.01. The maximum absolute atomic E-state index is 13.4. The number of aryl methyl sites for hydroxylation is 1. The van der Waals surface area contributed by atoms with Gasteiger partial charge >= 0.3 is 5.97 Å². The van der Waals surface area contributed by atoms with Crippen molar-refractivity contribution < 1.29 is 13.9 Å². The minimum absolute atomic E-state index is 0.230. The van der Waals surface area contributed by atoms with Crippen LogP contribution in [-0.2, 0) is 4.74 Å². The number of carbonyl (C=O) groups is 1. The largest absolute Gasteiger partial charge is 0.465 e. The molecule has 0 saturated carbocycles. The molecule has 1 aromatic heterocycles. The third kappa shape index (κ3) is 3.44. The molecule has 0 atom stereocenters. The molecule has 1 N–H and O–H groups in total. The van der Waals surface area contributed by atoms with Crippen LogP contribution >= 0.6 is 11.3 Å². The summed E-state index contributed by atoms with van der Waals surface area (Å²) in [6.07, 6.45) is 0. The Hall–Kier alpha value is -2.73. The number of halogens is 1. The summed E-state index contributed by atoms with van der Waals surface area (Å²) < 4.78 is 18.1. The number of nitrogens with zero attached hydrogens (tertiary/aromatic N) is 1. The third-order valence-electron chi connectivity index (χ3n) is 3.49. The highest BCUT2D eigenvalue weighted by Gasteiger charge is 2.09. The van der Waals surface area contributed by atoms with E-state index in [1.807, 2.05) is 11.4 Å². The van der Waals surface area contributed by atoms with E-state index < -0.39 is 0 Å². The molecule has 4 nitrogen and oxygen atoms in total. The Balaban J connectivity index is 1.81. The molecule has 0 bridgehead atoms. The van der Waals surface area contributed by atoms with Gasteiger partial charge in [0.2, 0.25) is 0 Å². The van der Waals surface area contributed by atoms with E-state index in [4.69, 9.17) is 4.74 Å². The normalized spacial score (nSPS) is 10.5. The number of esters is 1. The Morgan fingerprint density at radius 2 is 2.08 bits per heavy atom. The van der Waals surface area contributed by atoms with Gasteiger partial charge in [-0.25, -0.2) is 14.2 Å². The molecule has 0 amide bonds. The predicted molar refractivity (Wildman–Crippen MR) is 93.3 cm³/mol. The Morgan fingerprint density at radius 3 is 2.83 bits per heavy atom. The zero-order chi connectivity index (χ0) is 17.1. The molecule has 3 aromatic rings. The molecule has 0 aliphatic carbocycles. The van der Waals surface area contributed by atoms with Gasteiger partial charge in [-0.05, 0) is 48.9 Å². The number of anilines is 2. The molecule has 0 spiro atoms. The van der Waals surface area contributed by atoms with Crippen molar-refractivity contribution in [2.75, 3.05) is 12.4 Å². The van der Waals surface area contributed by atoms with Crippen LogP contribution in [0.3, 0.4) is 0 Å². The van der Waals surface area contributed by atoms with Crippen molar-refractivity contribution in [3.8, 4) is 11.3 Å². The topological polar surface area (TPSA) is 51.2 Å². The summed E-state index contributed by atoms with van der Waals surface area (Å²) >= 11 is 1.44. The highest BCUT2D eigenvalue weighted by molar-refractivity contribution is 7.14. The van der Waals surface area contributed by atoms with Crippen LogP contribution in [-0.4, -0.2) is 18.1 Å². The highest BCUT2D eigenvalue weighted by Crippen LogP contribution is 2.28. The molecule has 122 valence electrons. The Kier molecular flexibility index (Phi) is 4.57. The Morgan fingerprint density at radius 1 is 1.25 bits per heavy atom. The first kappa shape index (κ1) is 16.1. The maximum atomic E-state index is 13.4. The smallest absolute Gasteiger partial charge is 0.337 e. The monoisotopic (exact) mass is 342 g/mol. The number of nitrogens with one attached hydrogen (secondary N) is 1. The summed E-state index contributed by atoms with van der Waals surface area (Å²) in [6.45, 7) is 1.72. The van der Waals surface area contributed by atoms with Crippen LogP contribution in [0.25, 0.3) is 11.3 Å².